The van der Waals surface area contributed by atoms with Crippen molar-refractivity contribution >= 4 is 41.6 Å². The standard InChI is InChI=1S/C7H5BrClNO4S/c1-14-7(11)4-2-3-5(8)10-6(4)15(9,12)13/h2-3H,1H3. The second kappa shape index (κ2) is 4.46. The Labute approximate surface area is 99.0 Å². The van der Waals surface area contributed by atoms with Gasteiger partial charge in [-0.05, 0) is 28.1 Å². The van der Waals surface area contributed by atoms with Crippen LogP contribution < -0.4 is 0 Å². The summed E-state index contributed by atoms with van der Waals surface area (Å²) in [5.41, 5.74) is -0.198. The third-order valence-electron chi connectivity index (χ3n) is 1.46. The van der Waals surface area contributed by atoms with E-state index < -0.39 is 20.0 Å². The summed E-state index contributed by atoms with van der Waals surface area (Å²) in [5, 5.41) is -0.523. The van der Waals surface area contributed by atoms with E-state index in [1.165, 1.54) is 12.1 Å². The minimum atomic E-state index is -4.08. The van der Waals surface area contributed by atoms with Gasteiger partial charge in [0.1, 0.15) is 4.60 Å². The van der Waals surface area contributed by atoms with Crippen molar-refractivity contribution in [2.24, 2.45) is 0 Å². The molecular weight excluding hydrogens is 310 g/mol. The van der Waals surface area contributed by atoms with Gasteiger partial charge in [-0.2, -0.15) is 0 Å². The van der Waals surface area contributed by atoms with Crippen LogP contribution in [0.3, 0.4) is 0 Å². The average Bonchev–Trinajstić information content (AvgIpc) is 2.15. The number of rotatable bonds is 2. The predicted octanol–water partition coefficient (Wildman–Crippen LogP) is 1.56. The van der Waals surface area contributed by atoms with Crippen molar-refractivity contribution in [1.82, 2.24) is 4.98 Å². The van der Waals surface area contributed by atoms with Gasteiger partial charge >= 0.3 is 5.97 Å². The van der Waals surface area contributed by atoms with Gasteiger partial charge in [-0.25, -0.2) is 18.2 Å². The lowest BCUT2D eigenvalue weighted by molar-refractivity contribution is 0.0595. The fourth-order valence-corrected chi connectivity index (χ4v) is 2.27. The molecule has 0 atom stereocenters. The molecule has 0 saturated carbocycles. The summed E-state index contributed by atoms with van der Waals surface area (Å²) in [6, 6.07) is 2.68. The zero-order valence-electron chi connectivity index (χ0n) is 7.40. The topological polar surface area (TPSA) is 73.3 Å². The number of nitrogens with zero attached hydrogens (tertiary/aromatic N) is 1. The third kappa shape index (κ3) is 2.90. The lowest BCUT2D eigenvalue weighted by atomic mass is 10.3. The summed E-state index contributed by atoms with van der Waals surface area (Å²) in [7, 11) is 2.17. The highest BCUT2D eigenvalue weighted by Crippen LogP contribution is 2.21. The highest BCUT2D eigenvalue weighted by Gasteiger charge is 2.23. The van der Waals surface area contributed by atoms with Crippen molar-refractivity contribution in [2.45, 2.75) is 5.03 Å². The first kappa shape index (κ1) is 12.4. The minimum absolute atomic E-state index is 0.198. The van der Waals surface area contributed by atoms with Crippen molar-refractivity contribution in [1.29, 1.82) is 0 Å². The molecule has 82 valence electrons. The Balaban J connectivity index is 3.47. The van der Waals surface area contributed by atoms with Crippen LogP contribution in [0.1, 0.15) is 10.4 Å². The van der Waals surface area contributed by atoms with Crippen molar-refractivity contribution in [3.63, 3.8) is 0 Å². The Hall–Kier alpha value is -0.660. The first-order chi connectivity index (χ1) is 6.86. The third-order valence-corrected chi connectivity index (χ3v) is 3.12. The Kier molecular flexibility index (Phi) is 3.69. The molecule has 1 aromatic rings. The summed E-state index contributed by atoms with van der Waals surface area (Å²) in [6.45, 7) is 0. The van der Waals surface area contributed by atoms with Crippen LogP contribution in [0.25, 0.3) is 0 Å². The van der Waals surface area contributed by atoms with Gasteiger partial charge < -0.3 is 4.74 Å². The SMILES string of the molecule is COC(=O)c1ccc(Br)nc1S(=O)(=O)Cl. The molecule has 0 fully saturated rings. The van der Waals surface area contributed by atoms with E-state index in [0.717, 1.165) is 7.11 Å². The lowest BCUT2D eigenvalue weighted by Crippen LogP contribution is -2.09. The van der Waals surface area contributed by atoms with E-state index in [0.29, 0.717) is 0 Å². The minimum Gasteiger partial charge on any atom is -0.465 e. The normalized spacial score (nSPS) is 11.1. The second-order valence-electron chi connectivity index (χ2n) is 2.42. The first-order valence-corrected chi connectivity index (χ1v) is 6.66. The number of methoxy groups -OCH3 is 1. The number of aromatic nitrogens is 1. The number of hydrogen-bond acceptors (Lipinski definition) is 5. The number of ether oxygens (including phenoxy) is 1. The molecule has 0 aliphatic carbocycles. The molecule has 1 heterocycles. The van der Waals surface area contributed by atoms with Gasteiger partial charge in [0.15, 0.2) is 5.03 Å². The van der Waals surface area contributed by atoms with Gasteiger partial charge in [-0.3, -0.25) is 0 Å². The fourth-order valence-electron chi connectivity index (χ4n) is 0.869. The summed E-state index contributed by atoms with van der Waals surface area (Å²) >= 11 is 2.97. The van der Waals surface area contributed by atoms with Crippen LogP contribution in [0, 0.1) is 0 Å². The van der Waals surface area contributed by atoms with Crippen LogP contribution in [-0.4, -0.2) is 26.5 Å². The Morgan fingerprint density at radius 2 is 2.13 bits per heavy atom. The second-order valence-corrected chi connectivity index (χ2v) is 5.71. The van der Waals surface area contributed by atoms with Crippen LogP contribution >= 0.6 is 26.6 Å². The van der Waals surface area contributed by atoms with Gasteiger partial charge in [0.25, 0.3) is 9.05 Å². The molecule has 0 saturated heterocycles. The Morgan fingerprint density at radius 1 is 1.53 bits per heavy atom. The molecule has 8 heteroatoms. The number of carbonyl (C=O) groups is 1. The fraction of sp³-hybridized carbons (Fsp3) is 0.143. The molecule has 0 aromatic carbocycles. The zero-order valence-corrected chi connectivity index (χ0v) is 10.6. The zero-order chi connectivity index (χ0) is 11.6. The van der Waals surface area contributed by atoms with Crippen LogP contribution in [0.5, 0.6) is 0 Å². The van der Waals surface area contributed by atoms with Gasteiger partial charge in [-0.1, -0.05) is 0 Å². The predicted molar refractivity (Wildman–Crippen MR) is 56.3 cm³/mol. The Morgan fingerprint density at radius 3 is 2.60 bits per heavy atom. The number of esters is 1. The highest BCUT2D eigenvalue weighted by molar-refractivity contribution is 9.10. The molecule has 0 aliphatic rings. The highest BCUT2D eigenvalue weighted by atomic mass is 79.9. The van der Waals surface area contributed by atoms with E-state index in [1.807, 2.05) is 0 Å². The van der Waals surface area contributed by atoms with Crippen molar-refractivity contribution < 1.29 is 17.9 Å². The van der Waals surface area contributed by atoms with Crippen LogP contribution in [-0.2, 0) is 13.8 Å². The number of carbonyl (C=O) groups excluding carboxylic acids is 1. The monoisotopic (exact) mass is 313 g/mol. The maximum Gasteiger partial charge on any atom is 0.340 e. The molecule has 0 spiro atoms. The van der Waals surface area contributed by atoms with Gasteiger partial charge in [0, 0.05) is 10.7 Å². The molecule has 0 radical (unpaired) electrons. The molecule has 1 rings (SSSR count). The average molecular weight is 315 g/mol. The maximum atomic E-state index is 11.2. The lowest BCUT2D eigenvalue weighted by Gasteiger charge is -2.03. The van der Waals surface area contributed by atoms with E-state index in [9.17, 15) is 13.2 Å². The number of halogens is 2. The number of hydrogen-bond donors (Lipinski definition) is 0. The summed E-state index contributed by atoms with van der Waals surface area (Å²) in [6.07, 6.45) is 0. The van der Waals surface area contributed by atoms with Crippen molar-refractivity contribution in [2.75, 3.05) is 7.11 Å². The quantitative estimate of drug-likeness (QED) is 0.470. The molecule has 0 N–H and O–H groups in total. The van der Waals surface area contributed by atoms with Crippen molar-refractivity contribution in [3.8, 4) is 0 Å². The van der Waals surface area contributed by atoms with Gasteiger partial charge in [0.05, 0.1) is 12.7 Å². The largest absolute Gasteiger partial charge is 0.465 e. The van der Waals surface area contributed by atoms with Crippen molar-refractivity contribution in [3.05, 3.63) is 22.3 Å². The van der Waals surface area contributed by atoms with E-state index in [4.69, 9.17) is 10.7 Å². The van der Waals surface area contributed by atoms with E-state index in [1.54, 1.807) is 0 Å². The maximum absolute atomic E-state index is 11.2. The molecule has 0 amide bonds. The number of pyridine rings is 1. The van der Waals surface area contributed by atoms with E-state index >= 15 is 0 Å². The molecule has 0 unspecified atom stereocenters. The van der Waals surface area contributed by atoms with E-state index in [2.05, 4.69) is 25.7 Å². The van der Waals surface area contributed by atoms with Crippen LogP contribution in [0.4, 0.5) is 0 Å². The molecule has 1 aromatic heterocycles. The molecule has 0 bridgehead atoms. The van der Waals surface area contributed by atoms with Crippen LogP contribution in [0.15, 0.2) is 21.8 Å². The Bertz CT molecular complexity index is 502. The molecule has 15 heavy (non-hydrogen) atoms. The van der Waals surface area contributed by atoms with Crippen LogP contribution in [0.2, 0.25) is 0 Å². The summed E-state index contributed by atoms with van der Waals surface area (Å²) in [4.78, 5) is 14.8. The molecule has 5 nitrogen and oxygen atoms in total. The summed E-state index contributed by atoms with van der Waals surface area (Å²) < 4.78 is 26.9. The molecule has 0 aliphatic heterocycles. The summed E-state index contributed by atoms with van der Waals surface area (Å²) in [5.74, 6) is -0.811. The molecular formula is C7H5BrClNO4S. The first-order valence-electron chi connectivity index (χ1n) is 3.56. The van der Waals surface area contributed by atoms with Gasteiger partial charge in [0.2, 0.25) is 0 Å². The van der Waals surface area contributed by atoms with E-state index in [-0.39, 0.29) is 10.2 Å². The van der Waals surface area contributed by atoms with Gasteiger partial charge in [-0.15, -0.1) is 0 Å². The smallest absolute Gasteiger partial charge is 0.340 e.